The second-order valence-electron chi connectivity index (χ2n) is 5.95. The van der Waals surface area contributed by atoms with Crippen molar-refractivity contribution in [2.45, 2.75) is 13.0 Å². The van der Waals surface area contributed by atoms with Crippen LogP contribution in [0.5, 0.6) is 0 Å². The maximum Gasteiger partial charge on any atom is 0.226 e. The Balaban J connectivity index is 1.38. The van der Waals surface area contributed by atoms with E-state index in [1.165, 1.54) is 23.5 Å². The first-order chi connectivity index (χ1) is 13.1. The maximum atomic E-state index is 13.3. The van der Waals surface area contributed by atoms with Crippen LogP contribution in [0.15, 0.2) is 54.2 Å². The SMILES string of the molecule is O=C(Cc1csc(-c2cccc(F)c2)n1)NCc1cn2cc(Cl)ccc2n1. The first-order valence-electron chi connectivity index (χ1n) is 8.17. The van der Waals surface area contributed by atoms with E-state index in [4.69, 9.17) is 11.6 Å². The van der Waals surface area contributed by atoms with Crippen LogP contribution in [0.4, 0.5) is 4.39 Å². The van der Waals surface area contributed by atoms with E-state index in [1.54, 1.807) is 24.4 Å². The number of nitrogens with one attached hydrogen (secondary N) is 1. The lowest BCUT2D eigenvalue weighted by atomic mass is 10.2. The number of halogens is 2. The smallest absolute Gasteiger partial charge is 0.226 e. The van der Waals surface area contributed by atoms with Gasteiger partial charge in [-0.2, -0.15) is 0 Å². The van der Waals surface area contributed by atoms with Crippen LogP contribution in [-0.2, 0) is 17.8 Å². The van der Waals surface area contributed by atoms with Gasteiger partial charge >= 0.3 is 0 Å². The summed E-state index contributed by atoms with van der Waals surface area (Å²) in [6.45, 7) is 0.318. The van der Waals surface area contributed by atoms with Crippen LogP contribution in [0.1, 0.15) is 11.4 Å². The van der Waals surface area contributed by atoms with E-state index < -0.39 is 0 Å². The number of amides is 1. The predicted molar refractivity (Wildman–Crippen MR) is 103 cm³/mol. The van der Waals surface area contributed by atoms with Gasteiger partial charge in [0.2, 0.25) is 5.91 Å². The normalized spacial score (nSPS) is 11.0. The standard InChI is InChI=1S/C19H14ClFN4OS/c20-13-4-5-17-23-16(10-25(17)9-13)8-22-18(26)7-15-11-27-19(24-15)12-2-1-3-14(21)6-12/h1-6,9-11H,7-8H2,(H,22,26). The van der Waals surface area contributed by atoms with Crippen LogP contribution in [0.2, 0.25) is 5.02 Å². The van der Waals surface area contributed by atoms with E-state index in [9.17, 15) is 9.18 Å². The molecule has 8 heteroatoms. The average molecular weight is 401 g/mol. The second-order valence-corrected chi connectivity index (χ2v) is 7.25. The first kappa shape index (κ1) is 17.6. The van der Waals surface area contributed by atoms with Crippen molar-refractivity contribution in [2.24, 2.45) is 0 Å². The Labute approximate surface area is 163 Å². The van der Waals surface area contributed by atoms with E-state index in [1.807, 2.05) is 22.0 Å². The molecule has 1 N–H and O–H groups in total. The molecule has 1 aromatic carbocycles. The predicted octanol–water partition coefficient (Wildman–Crippen LogP) is 4.11. The van der Waals surface area contributed by atoms with E-state index in [0.29, 0.717) is 27.8 Å². The summed E-state index contributed by atoms with van der Waals surface area (Å²) < 4.78 is 15.1. The number of carbonyl (C=O) groups is 1. The molecule has 1 amide bonds. The highest BCUT2D eigenvalue weighted by Crippen LogP contribution is 2.24. The topological polar surface area (TPSA) is 59.3 Å². The molecular weight excluding hydrogens is 387 g/mol. The van der Waals surface area contributed by atoms with Gasteiger partial charge in [0.05, 0.1) is 29.4 Å². The Bertz CT molecular complexity index is 1120. The molecular formula is C19H14ClFN4OS. The van der Waals surface area contributed by atoms with Gasteiger partial charge in [0.15, 0.2) is 0 Å². The van der Waals surface area contributed by atoms with E-state index >= 15 is 0 Å². The Hall–Kier alpha value is -2.77. The summed E-state index contributed by atoms with van der Waals surface area (Å²) in [4.78, 5) is 21.0. The number of rotatable bonds is 5. The quantitative estimate of drug-likeness (QED) is 0.548. The largest absolute Gasteiger partial charge is 0.350 e. The lowest BCUT2D eigenvalue weighted by Crippen LogP contribution is -2.24. The van der Waals surface area contributed by atoms with Crippen LogP contribution in [0, 0.1) is 5.82 Å². The molecule has 0 aliphatic rings. The van der Waals surface area contributed by atoms with Gasteiger partial charge in [0.25, 0.3) is 0 Å². The van der Waals surface area contributed by atoms with Crippen LogP contribution in [-0.4, -0.2) is 20.3 Å². The van der Waals surface area contributed by atoms with Crippen molar-refractivity contribution in [2.75, 3.05) is 0 Å². The summed E-state index contributed by atoms with van der Waals surface area (Å²) in [6, 6.07) is 9.83. The number of imidazole rings is 1. The van der Waals surface area contributed by atoms with Gasteiger partial charge in [-0.05, 0) is 24.3 Å². The zero-order valence-corrected chi connectivity index (χ0v) is 15.6. The fourth-order valence-corrected chi connectivity index (χ4v) is 3.65. The second kappa shape index (κ2) is 7.46. The molecule has 3 heterocycles. The van der Waals surface area contributed by atoms with Crippen LogP contribution < -0.4 is 5.32 Å². The summed E-state index contributed by atoms with van der Waals surface area (Å²) >= 11 is 7.34. The number of hydrogen-bond donors (Lipinski definition) is 1. The Morgan fingerprint density at radius 3 is 2.93 bits per heavy atom. The van der Waals surface area contributed by atoms with Gasteiger partial charge in [0, 0.05) is 23.3 Å². The highest BCUT2D eigenvalue weighted by atomic mass is 35.5. The Morgan fingerprint density at radius 1 is 1.19 bits per heavy atom. The monoisotopic (exact) mass is 400 g/mol. The number of aromatic nitrogens is 3. The highest BCUT2D eigenvalue weighted by Gasteiger charge is 2.10. The molecule has 0 saturated carbocycles. The summed E-state index contributed by atoms with van der Waals surface area (Å²) in [5.74, 6) is -0.461. The molecule has 0 spiro atoms. The number of pyridine rings is 1. The summed E-state index contributed by atoms with van der Waals surface area (Å²) in [5.41, 5.74) is 2.86. The van der Waals surface area contributed by atoms with Crippen molar-refractivity contribution in [3.8, 4) is 10.6 Å². The molecule has 136 valence electrons. The summed E-state index contributed by atoms with van der Waals surface area (Å²) in [5, 5.41) is 5.96. The summed E-state index contributed by atoms with van der Waals surface area (Å²) in [6.07, 6.45) is 3.75. The molecule has 0 aliphatic carbocycles. The zero-order valence-electron chi connectivity index (χ0n) is 14.0. The lowest BCUT2D eigenvalue weighted by molar-refractivity contribution is -0.120. The van der Waals surface area contributed by atoms with Crippen LogP contribution >= 0.6 is 22.9 Å². The van der Waals surface area contributed by atoms with Crippen molar-refractivity contribution in [3.05, 3.63) is 76.4 Å². The molecule has 0 saturated heterocycles. The molecule has 0 fully saturated rings. The number of thiazole rings is 1. The molecule has 4 rings (SSSR count). The third-order valence-electron chi connectivity index (χ3n) is 3.90. The van der Waals surface area contributed by atoms with Gasteiger partial charge in [-0.1, -0.05) is 23.7 Å². The fourth-order valence-electron chi connectivity index (χ4n) is 2.66. The fraction of sp³-hybridized carbons (Fsp3) is 0.105. The molecule has 0 atom stereocenters. The summed E-state index contributed by atoms with van der Waals surface area (Å²) in [7, 11) is 0. The van der Waals surface area contributed by atoms with Gasteiger partial charge < -0.3 is 9.72 Å². The number of hydrogen-bond acceptors (Lipinski definition) is 4. The average Bonchev–Trinajstić information content (AvgIpc) is 3.26. The minimum atomic E-state index is -0.310. The Morgan fingerprint density at radius 2 is 2.07 bits per heavy atom. The molecule has 27 heavy (non-hydrogen) atoms. The molecule has 4 aromatic rings. The van der Waals surface area contributed by atoms with Crippen molar-refractivity contribution < 1.29 is 9.18 Å². The van der Waals surface area contributed by atoms with Crippen molar-refractivity contribution in [1.82, 2.24) is 19.7 Å². The van der Waals surface area contributed by atoms with Crippen LogP contribution in [0.3, 0.4) is 0 Å². The van der Waals surface area contributed by atoms with Gasteiger partial charge in [-0.25, -0.2) is 14.4 Å². The van der Waals surface area contributed by atoms with E-state index in [0.717, 1.165) is 11.3 Å². The van der Waals surface area contributed by atoms with Crippen molar-refractivity contribution in [1.29, 1.82) is 0 Å². The molecule has 0 bridgehead atoms. The van der Waals surface area contributed by atoms with Gasteiger partial charge in [0.1, 0.15) is 16.5 Å². The zero-order chi connectivity index (χ0) is 18.8. The minimum Gasteiger partial charge on any atom is -0.350 e. The number of carbonyl (C=O) groups excluding carboxylic acids is 1. The van der Waals surface area contributed by atoms with E-state index in [2.05, 4.69) is 15.3 Å². The van der Waals surface area contributed by atoms with Crippen LogP contribution in [0.25, 0.3) is 16.2 Å². The van der Waals surface area contributed by atoms with Gasteiger partial charge in [-0.15, -0.1) is 11.3 Å². The number of fused-ring (bicyclic) bond motifs is 1. The molecule has 3 aromatic heterocycles. The molecule has 5 nitrogen and oxygen atoms in total. The third kappa shape index (κ3) is 4.15. The lowest BCUT2D eigenvalue weighted by Gasteiger charge is -2.01. The third-order valence-corrected chi connectivity index (χ3v) is 5.06. The maximum absolute atomic E-state index is 13.3. The van der Waals surface area contributed by atoms with E-state index in [-0.39, 0.29) is 18.1 Å². The molecule has 0 aliphatic heterocycles. The number of benzene rings is 1. The minimum absolute atomic E-state index is 0.152. The molecule has 0 unspecified atom stereocenters. The molecule has 0 radical (unpaired) electrons. The number of nitrogens with zero attached hydrogens (tertiary/aromatic N) is 3. The van der Waals surface area contributed by atoms with Crippen molar-refractivity contribution in [3.63, 3.8) is 0 Å². The Kier molecular flexibility index (Phi) is 4.87. The van der Waals surface area contributed by atoms with Gasteiger partial charge in [-0.3, -0.25) is 4.79 Å². The first-order valence-corrected chi connectivity index (χ1v) is 9.43. The van der Waals surface area contributed by atoms with Crippen molar-refractivity contribution >= 4 is 34.5 Å². The highest BCUT2D eigenvalue weighted by molar-refractivity contribution is 7.13.